The summed E-state index contributed by atoms with van der Waals surface area (Å²) in [4.78, 5) is 63.1. The lowest BCUT2D eigenvalue weighted by Gasteiger charge is -2.47. The Morgan fingerprint density at radius 2 is 0.910 bits per heavy atom. The first kappa shape index (κ1) is 114. The van der Waals surface area contributed by atoms with E-state index in [1.54, 1.807) is 48.5 Å². The zero-order valence-electron chi connectivity index (χ0n) is 89.1. The van der Waals surface area contributed by atoms with Crippen LogP contribution >= 0.6 is 31.9 Å². The van der Waals surface area contributed by atoms with E-state index in [1.807, 2.05) is 42.5 Å². The molecule has 0 N–H and O–H groups in total. The number of carbonyl (C=O) groups excluding carboxylic acids is 5. The SMILES string of the molecule is C=C(Br)C[C@H](CC[C@@]12C[C@H]3O[C@H]4[C@@H](O1)[C@H]1O[C@@H](CC(=O)CC5[C@H](CC6O[C@@H](CCC=O)C[C@@H](C)C6=C)O[C@H](C[C@H](C)CO[Si](C)(C)C(C)(C)C)[C@@H]5C)CC[C@@H]1O[C@H]4[C@H]3O2)OC(=O)c1ccccc1.C=C(Br)C[C@H](CC[C@@]12C[C@H]3O[C@H]4[C@@H](O1)[C@H]1O[C@@H](CC=O)CC[C@@H]1O[C@H]4[C@H]3O2)OC(=O)c1ccccc1.C=C1C(C[C@@H]2O[C@H](C[C@H](C)CO[Si](C)(C)C(C)(C)C)[C@H](C)C2CS(=O)(=O)c2ccccc2)O[C@@H](CCCC)C[C@H]1C. The maximum absolute atomic E-state index is 14.4. The molecular weight excluding hydrogens is 2030 g/mol. The van der Waals surface area contributed by atoms with E-state index >= 15 is 0 Å². The number of hydrogen-bond donors (Lipinski definition) is 0. The summed E-state index contributed by atoms with van der Waals surface area (Å²) in [6.45, 7) is 56.6. The number of rotatable bonds is 43. The lowest BCUT2D eigenvalue weighted by molar-refractivity contribution is -0.292. The van der Waals surface area contributed by atoms with Crippen LogP contribution in [0.1, 0.15) is 278 Å². The second kappa shape index (κ2) is 48.9. The van der Waals surface area contributed by atoms with Crippen molar-refractivity contribution < 1.29 is 117 Å². The summed E-state index contributed by atoms with van der Waals surface area (Å²) in [6.07, 6.45) is 14.1. The number of hydrogen-bond acceptors (Lipinski definition) is 25. The van der Waals surface area contributed by atoms with Crippen LogP contribution in [0.2, 0.25) is 36.3 Å². The minimum Gasteiger partial charge on any atom is -0.458 e. The second-order valence-electron chi connectivity index (χ2n) is 48.0. The summed E-state index contributed by atoms with van der Waals surface area (Å²) < 4.78 is 147. The molecule has 0 spiro atoms. The molecule has 806 valence electrons. The zero-order valence-corrected chi connectivity index (χ0v) is 95.1. The van der Waals surface area contributed by atoms with E-state index in [-0.39, 0.29) is 210 Å². The molecule has 19 rings (SSSR count). The summed E-state index contributed by atoms with van der Waals surface area (Å²) in [6, 6.07) is 26.8. The Balaban J connectivity index is 0.000000175. The highest BCUT2D eigenvalue weighted by atomic mass is 79.9. The highest BCUT2D eigenvalue weighted by Crippen LogP contribution is 2.58. The number of sulfone groups is 1. The van der Waals surface area contributed by atoms with Crippen LogP contribution in [0.15, 0.2) is 142 Å². The van der Waals surface area contributed by atoms with Crippen molar-refractivity contribution in [1.29, 1.82) is 0 Å². The lowest BCUT2D eigenvalue weighted by Crippen LogP contribution is -2.61. The van der Waals surface area contributed by atoms with Gasteiger partial charge in [-0.1, -0.05) is 216 Å². The summed E-state index contributed by atoms with van der Waals surface area (Å²) >= 11 is 6.91. The number of fused-ring (bicyclic) bond motifs is 2. The highest BCUT2D eigenvalue weighted by molar-refractivity contribution is 9.12. The van der Waals surface area contributed by atoms with Crippen LogP contribution in [0.4, 0.5) is 0 Å². The molecular formula is C115H168Br2O25SSi2. The minimum absolute atomic E-state index is 0.00602. The molecule has 36 atom stereocenters. The number of ketones is 1. The molecule has 16 aliphatic heterocycles. The molecule has 30 heteroatoms. The first-order valence-corrected chi connectivity index (χ1v) is 63.5. The normalized spacial score (nSPS) is 36.8. The van der Waals surface area contributed by atoms with Gasteiger partial charge in [0.2, 0.25) is 0 Å². The third-order valence-corrected chi connectivity index (χ3v) is 46.4. The first-order chi connectivity index (χ1) is 68.7. The average molecular weight is 2200 g/mol. The number of unbranched alkanes of at least 4 members (excludes halogenated alkanes) is 1. The Morgan fingerprint density at radius 1 is 0.497 bits per heavy atom. The van der Waals surface area contributed by atoms with Gasteiger partial charge >= 0.3 is 11.9 Å². The van der Waals surface area contributed by atoms with Crippen molar-refractivity contribution in [3.63, 3.8) is 0 Å². The zero-order chi connectivity index (χ0) is 104. The molecule has 0 radical (unpaired) electrons. The van der Waals surface area contributed by atoms with Gasteiger partial charge in [0.05, 0.1) is 107 Å². The highest BCUT2D eigenvalue weighted by Gasteiger charge is 2.71. The van der Waals surface area contributed by atoms with E-state index in [0.29, 0.717) is 137 Å². The molecule has 0 aliphatic carbocycles. The lowest BCUT2D eigenvalue weighted by atomic mass is 9.78. The van der Waals surface area contributed by atoms with E-state index in [0.717, 1.165) is 96.9 Å². The van der Waals surface area contributed by atoms with Gasteiger partial charge < -0.3 is 94.2 Å². The van der Waals surface area contributed by atoms with E-state index in [1.165, 1.54) is 0 Å². The first-order valence-electron chi connectivity index (χ1n) is 54.5. The third kappa shape index (κ3) is 27.8. The van der Waals surface area contributed by atoms with E-state index in [2.05, 4.69) is 174 Å². The van der Waals surface area contributed by atoms with Crippen molar-refractivity contribution in [2.24, 2.45) is 47.3 Å². The van der Waals surface area contributed by atoms with Gasteiger partial charge in [0, 0.05) is 96.2 Å². The fraction of sp³-hybridized carbons (Fsp3) is 0.730. The number of aldehydes is 2. The van der Waals surface area contributed by atoms with Crippen LogP contribution in [0, 0.1) is 47.3 Å². The molecule has 16 saturated heterocycles. The van der Waals surface area contributed by atoms with Gasteiger partial charge in [0.15, 0.2) is 38.0 Å². The number of esters is 2. The number of carbonyl (C=O) groups is 5. The predicted octanol–water partition coefficient (Wildman–Crippen LogP) is 22.7. The van der Waals surface area contributed by atoms with Gasteiger partial charge in [-0.3, -0.25) is 4.79 Å². The fourth-order valence-corrected chi connectivity index (χ4v) is 29.1. The molecule has 3 aromatic rings. The Hall–Kier alpha value is -4.73. The van der Waals surface area contributed by atoms with E-state index in [4.69, 9.17) is 84.6 Å². The van der Waals surface area contributed by atoms with Gasteiger partial charge in [-0.15, -0.1) is 0 Å². The van der Waals surface area contributed by atoms with Gasteiger partial charge in [-0.2, -0.15) is 0 Å². The van der Waals surface area contributed by atoms with Crippen LogP contribution in [-0.2, 0) is 109 Å². The summed E-state index contributed by atoms with van der Waals surface area (Å²) in [5.41, 5.74) is 3.19. The number of halogens is 2. The standard InChI is InChI=1S/C54H79BrO12Si.C34H58O5SSi.C27H31BrO8/c1-31(30-59-68(9,10)53(6,7)8)23-43-35(5)41(45(63-43)28-44-34(4)32(2)24-38(60-44)17-14-22-56)27-37(57)26-39-18-19-42-47(61-39)51-50-49(64-42)48-46(65-50)29-54(66-48,67-51)21-20-40(25-33(3)55)62-52(58)36-15-12-11-13-16-36;1-11-12-16-28-20-25(3)26(4)32(38-28)21-33-30(23-40(35,36)29-17-14-13-15-18-29)27(5)31(39-33)19-24(2)22-37-41(9,10)34(6,7)8;1-15(28)13-18(32-26(30)16-5-3-2-4-6-16)9-11-27-14-20-22(35-27)23-24(34-20)25(36-27)21-19(33-23)8-7-17(31-21)10-12-29/h11-13,15-16,22,31-32,35,38-51H,3-4,14,17-21,23-30H2,1-2,5-10H3;13-15,17-18,24-25,27-28,30-33H,4,11-12,16,19-23H2,1-3,5-10H3;2-6,12,17-25H,1,7-11,13-14H2/t31-,32+,35+,38-,39+,40-,41?,42-,43+,44?,45-,46+,47-,48-,49-,50+,51-,54-;24-,25+,27+,28-,30?,31+,32?,33-;17-,18+,19+,20-,21+,22+,23+,24-,25+,27+/m001/s1. The van der Waals surface area contributed by atoms with Gasteiger partial charge in [-0.25, -0.2) is 18.0 Å². The second-order valence-corrected chi connectivity index (χ2v) is 61.9. The Kier molecular flexibility index (Phi) is 38.6. The van der Waals surface area contributed by atoms with Crippen molar-refractivity contribution in [2.75, 3.05) is 19.0 Å². The van der Waals surface area contributed by atoms with Crippen molar-refractivity contribution in [3.8, 4) is 0 Å². The topological polar surface area (TPSA) is 286 Å². The third-order valence-electron chi connectivity index (χ3n) is 34.9. The molecule has 16 aliphatic rings. The van der Waals surface area contributed by atoms with Gasteiger partial charge in [-0.05, 0) is 211 Å². The Morgan fingerprint density at radius 3 is 1.35 bits per heavy atom. The molecule has 4 unspecified atom stereocenters. The average Bonchev–Trinajstić information content (AvgIpc) is 1.55. The molecule has 16 heterocycles. The molecule has 0 amide bonds. The molecule has 12 bridgehead atoms. The van der Waals surface area contributed by atoms with E-state index in [9.17, 15) is 32.4 Å². The summed E-state index contributed by atoms with van der Waals surface area (Å²) in [5, 5.41) is 0.294. The van der Waals surface area contributed by atoms with Crippen molar-refractivity contribution >= 4 is 88.6 Å². The molecule has 145 heavy (non-hydrogen) atoms. The largest absolute Gasteiger partial charge is 0.458 e. The molecule has 25 nitrogen and oxygen atoms in total. The quantitative estimate of drug-likeness (QED) is 0.0220. The number of Topliss-reactive ketones (excluding diaryl/α,β-unsaturated/α-hetero) is 1. The molecule has 3 aromatic carbocycles. The molecule has 16 fully saturated rings. The summed E-state index contributed by atoms with van der Waals surface area (Å²) in [7, 11) is -7.22. The van der Waals surface area contributed by atoms with E-state index < -0.39 is 62.5 Å². The van der Waals surface area contributed by atoms with Crippen molar-refractivity contribution in [2.45, 2.75) is 468 Å². The number of ether oxygens (including phenoxy) is 16. The molecule has 0 aromatic heterocycles. The number of benzene rings is 3. The van der Waals surface area contributed by atoms with Crippen LogP contribution < -0.4 is 0 Å². The maximum atomic E-state index is 14.4. The van der Waals surface area contributed by atoms with Crippen LogP contribution in [0.3, 0.4) is 0 Å². The van der Waals surface area contributed by atoms with Crippen LogP contribution in [-0.4, -0.2) is 245 Å². The Labute approximate surface area is 882 Å². The van der Waals surface area contributed by atoms with Gasteiger partial charge in [0.25, 0.3) is 0 Å². The smallest absolute Gasteiger partial charge is 0.338 e. The molecule has 0 saturated carbocycles. The van der Waals surface area contributed by atoms with Crippen LogP contribution in [0.25, 0.3) is 0 Å². The van der Waals surface area contributed by atoms with Gasteiger partial charge in [0.1, 0.15) is 91.6 Å². The Bertz CT molecular complexity index is 4980. The van der Waals surface area contributed by atoms with Crippen molar-refractivity contribution in [1.82, 2.24) is 0 Å². The predicted molar refractivity (Wildman–Crippen MR) is 567 cm³/mol. The monoisotopic (exact) mass is 2190 g/mol. The van der Waals surface area contributed by atoms with Crippen LogP contribution in [0.5, 0.6) is 0 Å². The minimum atomic E-state index is -3.46. The fourth-order valence-electron chi connectivity index (χ4n) is 24.4. The maximum Gasteiger partial charge on any atom is 0.338 e. The summed E-state index contributed by atoms with van der Waals surface area (Å²) in [5.74, 6) is -0.928. The van der Waals surface area contributed by atoms with Crippen molar-refractivity contribution in [3.05, 3.63) is 149 Å².